The van der Waals surface area contributed by atoms with E-state index in [9.17, 15) is 9.59 Å². The van der Waals surface area contributed by atoms with Crippen LogP contribution in [0.3, 0.4) is 0 Å². The van der Waals surface area contributed by atoms with Crippen molar-refractivity contribution < 1.29 is 14.7 Å². The van der Waals surface area contributed by atoms with E-state index in [4.69, 9.17) is 5.11 Å². The van der Waals surface area contributed by atoms with Gasteiger partial charge >= 0.3 is 12.0 Å². The largest absolute Gasteiger partial charge is 0.480 e. The van der Waals surface area contributed by atoms with Crippen molar-refractivity contribution in [2.24, 2.45) is 5.92 Å². The standard InChI is InChI=1S/C11H22N2O3S/c1-8(2)13(6-10(14)15)11(16)12-5-9(3)7-17-4/h8-9H,5-7H2,1-4H3,(H,12,16)(H,14,15). The minimum Gasteiger partial charge on any atom is -0.480 e. The van der Waals surface area contributed by atoms with Gasteiger partial charge < -0.3 is 15.3 Å². The Hall–Kier alpha value is -0.910. The molecule has 17 heavy (non-hydrogen) atoms. The molecule has 0 aromatic heterocycles. The summed E-state index contributed by atoms with van der Waals surface area (Å²) in [6.07, 6.45) is 2.02. The molecule has 2 N–H and O–H groups in total. The zero-order valence-corrected chi connectivity index (χ0v) is 11.7. The van der Waals surface area contributed by atoms with E-state index < -0.39 is 5.97 Å². The zero-order valence-electron chi connectivity index (χ0n) is 10.9. The van der Waals surface area contributed by atoms with E-state index in [1.165, 1.54) is 4.90 Å². The number of hydrogen-bond donors (Lipinski definition) is 2. The number of nitrogens with one attached hydrogen (secondary N) is 1. The van der Waals surface area contributed by atoms with Gasteiger partial charge in [0, 0.05) is 12.6 Å². The molecule has 0 aliphatic carbocycles. The first-order valence-corrected chi connectivity index (χ1v) is 7.03. The quantitative estimate of drug-likeness (QED) is 0.729. The molecule has 100 valence electrons. The SMILES string of the molecule is CSCC(C)CNC(=O)N(CC(=O)O)C(C)C. The first-order valence-electron chi connectivity index (χ1n) is 5.63. The summed E-state index contributed by atoms with van der Waals surface area (Å²) in [6.45, 7) is 5.96. The molecule has 0 saturated carbocycles. The third-order valence-electron chi connectivity index (χ3n) is 2.24. The van der Waals surface area contributed by atoms with Crippen LogP contribution in [-0.2, 0) is 4.79 Å². The summed E-state index contributed by atoms with van der Waals surface area (Å²) >= 11 is 1.73. The second-order valence-electron chi connectivity index (χ2n) is 4.36. The van der Waals surface area contributed by atoms with Gasteiger partial charge in [0.05, 0.1) is 0 Å². The second-order valence-corrected chi connectivity index (χ2v) is 5.27. The molecule has 0 radical (unpaired) electrons. The van der Waals surface area contributed by atoms with Gasteiger partial charge in [0.25, 0.3) is 0 Å². The Morgan fingerprint density at radius 2 is 1.94 bits per heavy atom. The minimum absolute atomic E-state index is 0.123. The fourth-order valence-corrected chi connectivity index (χ4v) is 2.03. The molecule has 6 heteroatoms. The molecule has 0 aliphatic rings. The lowest BCUT2D eigenvalue weighted by Gasteiger charge is -2.25. The van der Waals surface area contributed by atoms with Crippen LogP contribution in [0.1, 0.15) is 20.8 Å². The number of carbonyl (C=O) groups is 2. The molecule has 0 aliphatic heterocycles. The molecule has 0 bridgehead atoms. The number of aliphatic carboxylic acids is 1. The van der Waals surface area contributed by atoms with Crippen molar-refractivity contribution in [1.82, 2.24) is 10.2 Å². The highest BCUT2D eigenvalue weighted by Gasteiger charge is 2.19. The third-order valence-corrected chi connectivity index (χ3v) is 3.15. The van der Waals surface area contributed by atoms with Gasteiger partial charge in [-0.05, 0) is 31.8 Å². The lowest BCUT2D eigenvalue weighted by atomic mass is 10.2. The van der Waals surface area contributed by atoms with E-state index in [0.717, 1.165) is 5.75 Å². The summed E-state index contributed by atoms with van der Waals surface area (Å²) in [7, 11) is 0. The van der Waals surface area contributed by atoms with Crippen molar-refractivity contribution in [3.63, 3.8) is 0 Å². The summed E-state index contributed by atoms with van der Waals surface area (Å²) in [4.78, 5) is 23.7. The molecule has 0 aromatic carbocycles. The average molecular weight is 262 g/mol. The molecular formula is C11H22N2O3S. The van der Waals surface area contributed by atoms with E-state index in [1.807, 2.05) is 13.2 Å². The molecule has 0 rings (SSSR count). The van der Waals surface area contributed by atoms with E-state index in [-0.39, 0.29) is 18.6 Å². The number of urea groups is 1. The highest BCUT2D eigenvalue weighted by atomic mass is 32.2. The number of nitrogens with zero attached hydrogens (tertiary/aromatic N) is 1. The lowest BCUT2D eigenvalue weighted by molar-refractivity contribution is -0.138. The van der Waals surface area contributed by atoms with E-state index in [1.54, 1.807) is 25.6 Å². The molecule has 5 nitrogen and oxygen atoms in total. The van der Waals surface area contributed by atoms with Crippen LogP contribution in [0.4, 0.5) is 4.79 Å². The average Bonchev–Trinajstić information content (AvgIpc) is 2.22. The molecule has 0 fully saturated rings. The van der Waals surface area contributed by atoms with Gasteiger partial charge in [-0.1, -0.05) is 6.92 Å². The predicted octanol–water partition coefficient (Wildman–Crippen LogP) is 1.49. The van der Waals surface area contributed by atoms with Crippen LogP contribution >= 0.6 is 11.8 Å². The first-order chi connectivity index (χ1) is 7.88. The Bertz CT molecular complexity index is 259. The maximum atomic E-state index is 11.8. The molecule has 0 heterocycles. The fraction of sp³-hybridized carbons (Fsp3) is 0.818. The van der Waals surface area contributed by atoms with Crippen LogP contribution in [0.5, 0.6) is 0 Å². The van der Waals surface area contributed by atoms with Gasteiger partial charge in [0.15, 0.2) is 0 Å². The van der Waals surface area contributed by atoms with Crippen LogP contribution in [0.15, 0.2) is 0 Å². The summed E-state index contributed by atoms with van der Waals surface area (Å²) in [6, 6.07) is -0.433. The number of amides is 2. The van der Waals surface area contributed by atoms with Gasteiger partial charge in [-0.3, -0.25) is 4.79 Å². The van der Waals surface area contributed by atoms with Gasteiger partial charge in [0.2, 0.25) is 0 Å². The summed E-state index contributed by atoms with van der Waals surface area (Å²) in [5, 5.41) is 11.5. The third kappa shape index (κ3) is 7.10. The summed E-state index contributed by atoms with van der Waals surface area (Å²) in [5.74, 6) is 0.361. The number of carbonyl (C=O) groups excluding carboxylic acids is 1. The fourth-order valence-electron chi connectivity index (χ4n) is 1.34. The smallest absolute Gasteiger partial charge is 0.323 e. The van der Waals surface area contributed by atoms with Crippen molar-refractivity contribution in [2.45, 2.75) is 26.8 Å². The van der Waals surface area contributed by atoms with Crippen LogP contribution in [0.25, 0.3) is 0 Å². The lowest BCUT2D eigenvalue weighted by Crippen LogP contribution is -2.47. The molecular weight excluding hydrogens is 240 g/mol. The number of hydrogen-bond acceptors (Lipinski definition) is 3. The van der Waals surface area contributed by atoms with Gasteiger partial charge in [-0.15, -0.1) is 0 Å². The Morgan fingerprint density at radius 1 is 1.35 bits per heavy atom. The maximum Gasteiger partial charge on any atom is 0.323 e. The molecule has 0 saturated heterocycles. The van der Waals surface area contributed by atoms with Gasteiger partial charge in [-0.2, -0.15) is 11.8 Å². The molecule has 1 atom stereocenters. The Balaban J connectivity index is 4.19. The molecule has 0 aromatic rings. The number of carboxylic acids is 1. The van der Waals surface area contributed by atoms with E-state index in [2.05, 4.69) is 5.32 Å². The van der Waals surface area contributed by atoms with Crippen molar-refractivity contribution in [1.29, 1.82) is 0 Å². The zero-order chi connectivity index (χ0) is 13.4. The summed E-state index contributed by atoms with van der Waals surface area (Å²) in [5.41, 5.74) is 0. The van der Waals surface area contributed by atoms with Crippen LogP contribution in [0.2, 0.25) is 0 Å². The number of rotatable bonds is 7. The maximum absolute atomic E-state index is 11.8. The number of carboxylic acid groups (broad SMARTS) is 1. The van der Waals surface area contributed by atoms with Crippen LogP contribution in [-0.4, -0.2) is 53.1 Å². The molecule has 2 amide bonds. The Morgan fingerprint density at radius 3 is 2.35 bits per heavy atom. The number of thioether (sulfide) groups is 1. The molecule has 0 spiro atoms. The summed E-state index contributed by atoms with van der Waals surface area (Å²) < 4.78 is 0. The highest BCUT2D eigenvalue weighted by Crippen LogP contribution is 2.04. The Labute approximate surface area is 107 Å². The van der Waals surface area contributed by atoms with Crippen molar-refractivity contribution in [3.8, 4) is 0 Å². The van der Waals surface area contributed by atoms with Crippen LogP contribution < -0.4 is 5.32 Å². The normalized spacial score (nSPS) is 12.3. The molecule has 1 unspecified atom stereocenters. The highest BCUT2D eigenvalue weighted by molar-refractivity contribution is 7.98. The van der Waals surface area contributed by atoms with Crippen molar-refractivity contribution in [3.05, 3.63) is 0 Å². The van der Waals surface area contributed by atoms with Crippen molar-refractivity contribution >= 4 is 23.8 Å². The van der Waals surface area contributed by atoms with Gasteiger partial charge in [0.1, 0.15) is 6.54 Å². The van der Waals surface area contributed by atoms with E-state index in [0.29, 0.717) is 12.5 Å². The second kappa shape index (κ2) is 8.22. The Kier molecular flexibility index (Phi) is 7.78. The first kappa shape index (κ1) is 16.1. The van der Waals surface area contributed by atoms with Crippen LogP contribution in [0, 0.1) is 5.92 Å². The predicted molar refractivity (Wildman–Crippen MR) is 70.4 cm³/mol. The minimum atomic E-state index is -0.994. The van der Waals surface area contributed by atoms with E-state index >= 15 is 0 Å². The van der Waals surface area contributed by atoms with Crippen molar-refractivity contribution in [2.75, 3.05) is 25.1 Å². The monoisotopic (exact) mass is 262 g/mol. The topological polar surface area (TPSA) is 69.6 Å². The van der Waals surface area contributed by atoms with Gasteiger partial charge in [-0.25, -0.2) is 4.79 Å².